The summed E-state index contributed by atoms with van der Waals surface area (Å²) in [6, 6.07) is 6.38. The predicted molar refractivity (Wildman–Crippen MR) is 67.6 cm³/mol. The third-order valence-corrected chi connectivity index (χ3v) is 3.20. The van der Waals surface area contributed by atoms with Crippen molar-refractivity contribution in [2.75, 3.05) is 11.1 Å². The van der Waals surface area contributed by atoms with Crippen molar-refractivity contribution >= 4 is 11.4 Å². The molecule has 88 valence electrons. The number of benzene rings is 1. The third kappa shape index (κ3) is 1.98. The number of oxazole rings is 1. The van der Waals surface area contributed by atoms with Crippen LogP contribution in [0.5, 0.6) is 0 Å². The van der Waals surface area contributed by atoms with Crippen molar-refractivity contribution in [1.29, 1.82) is 0 Å². The molecule has 0 aliphatic heterocycles. The Morgan fingerprint density at radius 2 is 2.24 bits per heavy atom. The third-order valence-electron chi connectivity index (χ3n) is 3.20. The van der Waals surface area contributed by atoms with E-state index < -0.39 is 0 Å². The predicted octanol–water partition coefficient (Wildman–Crippen LogP) is 2.89. The first-order chi connectivity index (χ1) is 8.33. The first kappa shape index (κ1) is 10.2. The Kier molecular flexibility index (Phi) is 2.48. The second-order valence-electron chi connectivity index (χ2n) is 4.41. The summed E-state index contributed by atoms with van der Waals surface area (Å²) >= 11 is 0. The molecule has 0 amide bonds. The molecule has 1 aliphatic carbocycles. The van der Waals surface area contributed by atoms with Crippen LogP contribution < -0.4 is 11.1 Å². The molecule has 1 aliphatic rings. The molecule has 4 nitrogen and oxygen atoms in total. The molecular formula is C13H15N3O. The number of nitrogen functional groups attached to an aromatic ring is 1. The molecule has 4 heteroatoms. The van der Waals surface area contributed by atoms with Crippen LogP contribution in [-0.4, -0.2) is 11.0 Å². The number of hydrogen-bond acceptors (Lipinski definition) is 4. The summed E-state index contributed by atoms with van der Waals surface area (Å²) in [6.07, 6.45) is 6.97. The Hall–Kier alpha value is -1.97. The highest BCUT2D eigenvalue weighted by Crippen LogP contribution is 2.30. The van der Waals surface area contributed by atoms with Gasteiger partial charge in [0.05, 0.1) is 17.6 Å². The number of hydrogen-bond donors (Lipinski definition) is 2. The van der Waals surface area contributed by atoms with Crippen LogP contribution in [0.25, 0.3) is 11.5 Å². The van der Waals surface area contributed by atoms with Crippen LogP contribution in [0.15, 0.2) is 35.1 Å². The van der Waals surface area contributed by atoms with Gasteiger partial charge in [-0.05, 0) is 37.5 Å². The number of aromatic nitrogens is 1. The molecule has 3 rings (SSSR count). The van der Waals surface area contributed by atoms with E-state index in [-0.39, 0.29) is 0 Å². The SMILES string of the molecule is Nc1ccc(-c2ncco2)cc1NC1CCC1. The molecule has 1 fully saturated rings. The van der Waals surface area contributed by atoms with Crippen molar-refractivity contribution in [3.63, 3.8) is 0 Å². The van der Waals surface area contributed by atoms with Crippen LogP contribution in [0, 0.1) is 0 Å². The molecule has 1 aromatic carbocycles. The van der Waals surface area contributed by atoms with E-state index in [0.29, 0.717) is 11.9 Å². The fourth-order valence-electron chi connectivity index (χ4n) is 1.95. The fraction of sp³-hybridized carbons (Fsp3) is 0.308. The standard InChI is InChI=1S/C13H15N3O/c14-11-5-4-9(13-15-6-7-17-13)8-12(11)16-10-2-1-3-10/h4-8,10,16H,1-3,14H2. The van der Waals surface area contributed by atoms with E-state index >= 15 is 0 Å². The Bertz CT molecular complexity index is 503. The zero-order chi connectivity index (χ0) is 11.7. The van der Waals surface area contributed by atoms with Gasteiger partial charge in [0.1, 0.15) is 6.26 Å². The molecule has 0 atom stereocenters. The fourth-order valence-corrected chi connectivity index (χ4v) is 1.95. The molecule has 2 aromatic rings. The molecular weight excluding hydrogens is 214 g/mol. The van der Waals surface area contributed by atoms with Gasteiger partial charge in [-0.15, -0.1) is 0 Å². The van der Waals surface area contributed by atoms with Crippen molar-refractivity contribution in [1.82, 2.24) is 4.98 Å². The number of rotatable bonds is 3. The van der Waals surface area contributed by atoms with E-state index in [0.717, 1.165) is 16.9 Å². The summed E-state index contributed by atoms with van der Waals surface area (Å²) in [6.45, 7) is 0. The van der Waals surface area contributed by atoms with Gasteiger partial charge in [-0.1, -0.05) is 0 Å². The average Bonchev–Trinajstić information content (AvgIpc) is 2.79. The Balaban J connectivity index is 1.89. The van der Waals surface area contributed by atoms with Crippen molar-refractivity contribution in [3.8, 4) is 11.5 Å². The molecule has 1 aromatic heterocycles. The van der Waals surface area contributed by atoms with E-state index in [1.807, 2.05) is 18.2 Å². The van der Waals surface area contributed by atoms with Gasteiger partial charge in [-0.3, -0.25) is 0 Å². The summed E-state index contributed by atoms with van der Waals surface area (Å²) < 4.78 is 5.28. The Morgan fingerprint density at radius 3 is 2.88 bits per heavy atom. The lowest BCUT2D eigenvalue weighted by molar-refractivity contribution is 0.446. The van der Waals surface area contributed by atoms with Crippen molar-refractivity contribution in [2.24, 2.45) is 0 Å². The van der Waals surface area contributed by atoms with Crippen LogP contribution in [0.3, 0.4) is 0 Å². The lowest BCUT2D eigenvalue weighted by atomic mass is 9.93. The highest BCUT2D eigenvalue weighted by atomic mass is 16.3. The van der Waals surface area contributed by atoms with Crippen LogP contribution in [0.1, 0.15) is 19.3 Å². The Labute approximate surface area is 99.8 Å². The van der Waals surface area contributed by atoms with E-state index in [1.54, 1.807) is 12.5 Å². The minimum Gasteiger partial charge on any atom is -0.445 e. The summed E-state index contributed by atoms with van der Waals surface area (Å²) in [5.41, 5.74) is 8.65. The van der Waals surface area contributed by atoms with Gasteiger partial charge >= 0.3 is 0 Å². The van der Waals surface area contributed by atoms with Gasteiger partial charge in [0.2, 0.25) is 5.89 Å². The maximum atomic E-state index is 5.96. The maximum Gasteiger partial charge on any atom is 0.225 e. The zero-order valence-electron chi connectivity index (χ0n) is 9.52. The van der Waals surface area contributed by atoms with Crippen LogP contribution in [0.4, 0.5) is 11.4 Å². The van der Waals surface area contributed by atoms with Crippen LogP contribution in [0.2, 0.25) is 0 Å². The van der Waals surface area contributed by atoms with E-state index in [4.69, 9.17) is 10.2 Å². The highest BCUT2D eigenvalue weighted by Gasteiger charge is 2.18. The first-order valence-corrected chi connectivity index (χ1v) is 5.89. The summed E-state index contributed by atoms with van der Waals surface area (Å²) in [5.74, 6) is 0.627. The van der Waals surface area contributed by atoms with Crippen molar-refractivity contribution < 1.29 is 4.42 Å². The molecule has 0 spiro atoms. The highest BCUT2D eigenvalue weighted by molar-refractivity contribution is 5.73. The van der Waals surface area contributed by atoms with Crippen molar-refractivity contribution in [2.45, 2.75) is 25.3 Å². The van der Waals surface area contributed by atoms with Crippen molar-refractivity contribution in [3.05, 3.63) is 30.7 Å². The molecule has 0 unspecified atom stereocenters. The molecule has 1 saturated carbocycles. The smallest absolute Gasteiger partial charge is 0.225 e. The second kappa shape index (κ2) is 4.13. The quantitative estimate of drug-likeness (QED) is 0.794. The van der Waals surface area contributed by atoms with Gasteiger partial charge < -0.3 is 15.5 Å². The second-order valence-corrected chi connectivity index (χ2v) is 4.41. The maximum absolute atomic E-state index is 5.96. The van der Waals surface area contributed by atoms with E-state index in [9.17, 15) is 0 Å². The first-order valence-electron chi connectivity index (χ1n) is 5.89. The number of nitrogens with zero attached hydrogens (tertiary/aromatic N) is 1. The molecule has 1 heterocycles. The minimum absolute atomic E-state index is 0.567. The largest absolute Gasteiger partial charge is 0.445 e. The summed E-state index contributed by atoms with van der Waals surface area (Å²) in [5, 5.41) is 3.45. The number of nitrogens with one attached hydrogen (secondary N) is 1. The number of nitrogens with two attached hydrogens (primary N) is 1. The molecule has 0 bridgehead atoms. The summed E-state index contributed by atoms with van der Waals surface area (Å²) in [7, 11) is 0. The number of anilines is 2. The molecule has 3 N–H and O–H groups in total. The summed E-state index contributed by atoms with van der Waals surface area (Å²) in [4.78, 5) is 4.14. The molecule has 0 saturated heterocycles. The topological polar surface area (TPSA) is 64.1 Å². The lowest BCUT2D eigenvalue weighted by Crippen LogP contribution is -2.27. The van der Waals surface area contributed by atoms with Gasteiger partial charge in [-0.25, -0.2) is 4.98 Å². The monoisotopic (exact) mass is 229 g/mol. The Morgan fingerprint density at radius 1 is 1.35 bits per heavy atom. The lowest BCUT2D eigenvalue weighted by Gasteiger charge is -2.28. The van der Waals surface area contributed by atoms with Gasteiger partial charge in [0, 0.05) is 11.6 Å². The zero-order valence-corrected chi connectivity index (χ0v) is 9.52. The average molecular weight is 229 g/mol. The molecule has 17 heavy (non-hydrogen) atoms. The van der Waals surface area contributed by atoms with Crippen LogP contribution in [-0.2, 0) is 0 Å². The van der Waals surface area contributed by atoms with Gasteiger partial charge in [0.25, 0.3) is 0 Å². The van der Waals surface area contributed by atoms with Gasteiger partial charge in [-0.2, -0.15) is 0 Å². The van der Waals surface area contributed by atoms with Crippen LogP contribution >= 0.6 is 0 Å². The van der Waals surface area contributed by atoms with E-state index in [2.05, 4.69) is 10.3 Å². The minimum atomic E-state index is 0.567. The molecule has 0 radical (unpaired) electrons. The normalized spacial score (nSPS) is 15.5. The van der Waals surface area contributed by atoms with Gasteiger partial charge in [0.15, 0.2) is 0 Å². The van der Waals surface area contributed by atoms with E-state index in [1.165, 1.54) is 19.3 Å².